The van der Waals surface area contributed by atoms with Crippen molar-refractivity contribution in [2.45, 2.75) is 45.3 Å². The van der Waals surface area contributed by atoms with Gasteiger partial charge in [0.25, 0.3) is 5.82 Å². The van der Waals surface area contributed by atoms with E-state index in [1.807, 2.05) is 65.3 Å². The van der Waals surface area contributed by atoms with Gasteiger partial charge in [0.05, 0.1) is 0 Å². The average Bonchev–Trinajstić information content (AvgIpc) is 3.39. The number of aromatic nitrogens is 3. The summed E-state index contributed by atoms with van der Waals surface area (Å²) in [4.78, 5) is 0. The maximum absolute atomic E-state index is 12.3. The molecule has 0 unspecified atom stereocenters. The molecule has 1 aliphatic rings. The van der Waals surface area contributed by atoms with Crippen LogP contribution in [-0.4, -0.2) is 22.1 Å². The molecule has 0 fully saturated rings. The van der Waals surface area contributed by atoms with Gasteiger partial charge in [0, 0.05) is 11.5 Å². The first-order chi connectivity index (χ1) is 17.0. The lowest BCUT2D eigenvalue weighted by atomic mass is 9.79. The molecule has 0 amide bonds. The van der Waals surface area contributed by atoms with Crippen molar-refractivity contribution in [1.29, 1.82) is 0 Å². The van der Waals surface area contributed by atoms with Crippen molar-refractivity contribution >= 4 is 7.25 Å². The van der Waals surface area contributed by atoms with Crippen LogP contribution >= 0.6 is 0 Å². The van der Waals surface area contributed by atoms with Crippen LogP contribution in [0.15, 0.2) is 79.1 Å². The van der Waals surface area contributed by atoms with E-state index in [1.165, 1.54) is 16.7 Å². The molecule has 1 atom stereocenters. The fraction of sp³-hybridized carbons (Fsp3) is 0.259. The van der Waals surface area contributed by atoms with Gasteiger partial charge in [0.2, 0.25) is 6.33 Å². The van der Waals surface area contributed by atoms with E-state index in [9.17, 15) is 22.4 Å². The third-order valence-electron chi connectivity index (χ3n) is 6.51. The molecule has 0 spiro atoms. The number of hydrogen-bond acceptors (Lipinski definition) is 2. The standard InChI is InChI=1S/C27H28N3O.BF4/c1-19-16-20(2)26(21(3)17-19)30-18-29-24(14-15-25(29)28-30)27(31,22-10-6-4-7-11-22)23-12-8-5-9-13-23;2-1(3,4)5/h4-13,16-18,24,31H,14-15H2,1-3H3;/q+1;-1/t24-;/m0./s1. The molecule has 188 valence electrons. The van der Waals surface area contributed by atoms with Crippen molar-refractivity contribution in [1.82, 2.24) is 9.78 Å². The quantitative estimate of drug-likeness (QED) is 0.220. The normalized spacial score (nSPS) is 15.3. The number of hydrogen-bond donors (Lipinski definition) is 1. The van der Waals surface area contributed by atoms with Crippen molar-refractivity contribution in [2.75, 3.05) is 0 Å². The Kier molecular flexibility index (Phi) is 7.04. The average molecular weight is 497 g/mol. The van der Waals surface area contributed by atoms with E-state index in [2.05, 4.69) is 43.8 Å². The largest absolute Gasteiger partial charge is 0.673 e. The third kappa shape index (κ3) is 5.21. The number of aryl methyl sites for hydroxylation is 4. The molecule has 0 aliphatic carbocycles. The van der Waals surface area contributed by atoms with Gasteiger partial charge in [0.15, 0.2) is 0 Å². The van der Waals surface area contributed by atoms with Gasteiger partial charge in [-0.05, 0) is 49.4 Å². The van der Waals surface area contributed by atoms with Crippen LogP contribution < -0.4 is 4.57 Å². The second kappa shape index (κ2) is 9.89. The van der Waals surface area contributed by atoms with Crippen LogP contribution in [0.5, 0.6) is 0 Å². The first-order valence-electron chi connectivity index (χ1n) is 11.8. The van der Waals surface area contributed by atoms with Crippen LogP contribution in [-0.2, 0) is 12.0 Å². The number of benzene rings is 3. The van der Waals surface area contributed by atoms with Crippen LogP contribution in [0.1, 0.15) is 46.1 Å². The van der Waals surface area contributed by atoms with Crippen LogP contribution in [0.3, 0.4) is 0 Å². The summed E-state index contributed by atoms with van der Waals surface area (Å²) in [6, 6.07) is 24.3. The van der Waals surface area contributed by atoms with Gasteiger partial charge < -0.3 is 22.4 Å². The maximum Gasteiger partial charge on any atom is 0.673 e. The Morgan fingerprint density at radius 2 is 1.36 bits per heavy atom. The zero-order valence-corrected chi connectivity index (χ0v) is 20.4. The first kappa shape index (κ1) is 25.6. The molecule has 4 aromatic rings. The fourth-order valence-electron chi connectivity index (χ4n) is 5.22. The molecule has 0 bridgehead atoms. The summed E-state index contributed by atoms with van der Waals surface area (Å²) in [6.07, 6.45) is 3.74. The molecule has 3 aromatic carbocycles. The van der Waals surface area contributed by atoms with E-state index >= 15 is 0 Å². The van der Waals surface area contributed by atoms with E-state index in [0.29, 0.717) is 0 Å². The number of nitrogens with zero attached hydrogens (tertiary/aromatic N) is 3. The Labute approximate surface area is 208 Å². The maximum atomic E-state index is 12.3. The van der Waals surface area contributed by atoms with Crippen molar-refractivity contribution < 1.29 is 26.9 Å². The van der Waals surface area contributed by atoms with Crippen LogP contribution in [0.2, 0.25) is 0 Å². The molecule has 1 aliphatic heterocycles. The van der Waals surface area contributed by atoms with Gasteiger partial charge in [-0.2, -0.15) is 0 Å². The Balaban J connectivity index is 0.000000556. The Bertz CT molecular complexity index is 1270. The molecule has 0 saturated carbocycles. The number of halogens is 4. The minimum Gasteiger partial charge on any atom is -0.418 e. The third-order valence-corrected chi connectivity index (χ3v) is 6.51. The monoisotopic (exact) mass is 497 g/mol. The highest BCUT2D eigenvalue weighted by Gasteiger charge is 2.48. The fourth-order valence-corrected chi connectivity index (χ4v) is 5.22. The summed E-state index contributed by atoms with van der Waals surface area (Å²) in [5.74, 6) is 1.01. The smallest absolute Gasteiger partial charge is 0.418 e. The molecule has 5 rings (SSSR count). The van der Waals surface area contributed by atoms with Gasteiger partial charge >= 0.3 is 7.25 Å². The second-order valence-electron chi connectivity index (χ2n) is 9.18. The van der Waals surface area contributed by atoms with E-state index in [-0.39, 0.29) is 6.04 Å². The molecular formula is C27H28BF4N3O. The molecule has 2 heterocycles. The lowest BCUT2D eigenvalue weighted by Crippen LogP contribution is -2.50. The number of aliphatic hydroxyl groups is 1. The van der Waals surface area contributed by atoms with Crippen molar-refractivity contribution in [2.24, 2.45) is 0 Å². The lowest BCUT2D eigenvalue weighted by Gasteiger charge is -2.34. The Hall–Kier alpha value is -3.46. The summed E-state index contributed by atoms with van der Waals surface area (Å²) in [5.41, 5.74) is 5.46. The Morgan fingerprint density at radius 3 is 1.83 bits per heavy atom. The van der Waals surface area contributed by atoms with E-state index in [0.717, 1.165) is 35.5 Å². The van der Waals surface area contributed by atoms with Gasteiger partial charge in [-0.15, -0.1) is 0 Å². The van der Waals surface area contributed by atoms with Gasteiger partial charge in [0.1, 0.15) is 17.3 Å². The molecule has 36 heavy (non-hydrogen) atoms. The van der Waals surface area contributed by atoms with Crippen molar-refractivity contribution in [3.05, 3.63) is 113 Å². The summed E-state index contributed by atoms with van der Waals surface area (Å²) in [6.45, 7) is 6.39. The van der Waals surface area contributed by atoms with E-state index < -0.39 is 12.9 Å². The topological polar surface area (TPSA) is 41.9 Å². The highest BCUT2D eigenvalue weighted by molar-refractivity contribution is 6.50. The summed E-state index contributed by atoms with van der Waals surface area (Å²) in [7, 11) is -6.00. The van der Waals surface area contributed by atoms with E-state index in [4.69, 9.17) is 5.10 Å². The molecule has 0 radical (unpaired) electrons. The van der Waals surface area contributed by atoms with Crippen LogP contribution in [0.25, 0.3) is 5.69 Å². The molecule has 4 nitrogen and oxygen atoms in total. The lowest BCUT2D eigenvalue weighted by molar-refractivity contribution is -0.731. The molecule has 9 heteroatoms. The minimum atomic E-state index is -6.00. The Morgan fingerprint density at radius 1 is 0.889 bits per heavy atom. The number of rotatable bonds is 4. The van der Waals surface area contributed by atoms with Crippen molar-refractivity contribution in [3.8, 4) is 5.69 Å². The van der Waals surface area contributed by atoms with Crippen LogP contribution in [0.4, 0.5) is 17.3 Å². The predicted octanol–water partition coefficient (Wildman–Crippen LogP) is 5.81. The molecular weight excluding hydrogens is 469 g/mol. The zero-order valence-electron chi connectivity index (χ0n) is 20.4. The molecule has 1 aromatic heterocycles. The molecule has 0 saturated heterocycles. The van der Waals surface area contributed by atoms with Gasteiger partial charge in [-0.25, -0.2) is 4.57 Å². The first-order valence-corrected chi connectivity index (χ1v) is 11.8. The van der Waals surface area contributed by atoms with Gasteiger partial charge in [-0.3, -0.25) is 0 Å². The highest BCUT2D eigenvalue weighted by atomic mass is 19.5. The second-order valence-corrected chi connectivity index (χ2v) is 9.18. The SMILES string of the molecule is Cc1cc(C)c(-n2c[n+]3c(n2)CC[C@H]3C(O)(c2ccccc2)c2ccccc2)c(C)c1.F[B-](F)(F)F. The van der Waals surface area contributed by atoms with Gasteiger partial charge in [-0.1, -0.05) is 83.0 Å². The minimum absolute atomic E-state index is 0.132. The van der Waals surface area contributed by atoms with Crippen LogP contribution in [0, 0.1) is 20.8 Å². The highest BCUT2D eigenvalue weighted by Crippen LogP contribution is 2.41. The molecule has 1 N–H and O–H groups in total. The summed E-state index contributed by atoms with van der Waals surface area (Å²) < 4.78 is 43.2. The zero-order chi connectivity index (χ0) is 26.1. The summed E-state index contributed by atoms with van der Waals surface area (Å²) >= 11 is 0. The number of fused-ring (bicyclic) bond motifs is 1. The predicted molar refractivity (Wildman–Crippen MR) is 131 cm³/mol. The van der Waals surface area contributed by atoms with Crippen molar-refractivity contribution in [3.63, 3.8) is 0 Å². The van der Waals surface area contributed by atoms with E-state index in [1.54, 1.807) is 0 Å². The summed E-state index contributed by atoms with van der Waals surface area (Å²) in [5, 5.41) is 17.2.